The van der Waals surface area contributed by atoms with Crippen LogP contribution in [0.1, 0.15) is 16.7 Å². The van der Waals surface area contributed by atoms with Gasteiger partial charge in [0.25, 0.3) is 0 Å². The average molecular weight is 366 g/mol. The van der Waals surface area contributed by atoms with Gasteiger partial charge in [-0.3, -0.25) is 0 Å². The monoisotopic (exact) mass is 364 g/mol. The van der Waals surface area contributed by atoms with Gasteiger partial charge in [-0.1, -0.05) is 63.4 Å². The highest BCUT2D eigenvalue weighted by atomic mass is 79.9. The van der Waals surface area contributed by atoms with Crippen LogP contribution in [0, 0.1) is 0 Å². The zero-order chi connectivity index (χ0) is 14.1. The molecule has 3 rings (SSSR count). The highest BCUT2D eigenvalue weighted by Crippen LogP contribution is 2.29. The van der Waals surface area contributed by atoms with Gasteiger partial charge in [0.15, 0.2) is 0 Å². The summed E-state index contributed by atoms with van der Waals surface area (Å²) in [5, 5.41) is 1.31. The van der Waals surface area contributed by atoms with E-state index in [1.54, 1.807) is 6.07 Å². The molecule has 0 aromatic heterocycles. The summed E-state index contributed by atoms with van der Waals surface area (Å²) in [6.07, 6.45) is 7.34. The summed E-state index contributed by atoms with van der Waals surface area (Å²) < 4.78 is 1.12. The lowest BCUT2D eigenvalue weighted by Crippen LogP contribution is -1.82. The van der Waals surface area contributed by atoms with Crippen molar-refractivity contribution in [2.45, 2.75) is 6.42 Å². The largest absolute Gasteiger partial charge is 0.0843 e. The van der Waals surface area contributed by atoms with E-state index in [1.807, 2.05) is 18.2 Å². The van der Waals surface area contributed by atoms with Crippen molar-refractivity contribution in [1.29, 1.82) is 0 Å². The van der Waals surface area contributed by atoms with Crippen molar-refractivity contribution in [3.8, 4) is 0 Å². The quantitative estimate of drug-likeness (QED) is 0.576. The first kappa shape index (κ1) is 13.9. The van der Waals surface area contributed by atoms with E-state index in [-0.39, 0.29) is 0 Å². The highest BCUT2D eigenvalue weighted by Gasteiger charge is 2.10. The zero-order valence-corrected chi connectivity index (χ0v) is 13.6. The summed E-state index contributed by atoms with van der Waals surface area (Å²) in [7, 11) is 0. The molecule has 0 heterocycles. The van der Waals surface area contributed by atoms with Crippen molar-refractivity contribution in [2.75, 3.05) is 0 Å². The fourth-order valence-corrected chi connectivity index (χ4v) is 3.27. The molecule has 0 saturated heterocycles. The van der Waals surface area contributed by atoms with E-state index in [0.29, 0.717) is 10.0 Å². The topological polar surface area (TPSA) is 0 Å². The zero-order valence-electron chi connectivity index (χ0n) is 10.5. The van der Waals surface area contributed by atoms with Crippen LogP contribution in [0.5, 0.6) is 0 Å². The van der Waals surface area contributed by atoms with Crippen molar-refractivity contribution in [2.24, 2.45) is 0 Å². The minimum atomic E-state index is 0.657. The van der Waals surface area contributed by atoms with Crippen molar-refractivity contribution in [3.05, 3.63) is 79.3 Å². The van der Waals surface area contributed by atoms with Crippen LogP contribution in [0.4, 0.5) is 0 Å². The maximum atomic E-state index is 6.00. The minimum absolute atomic E-state index is 0.657. The normalized spacial score (nSPS) is 13.7. The summed E-state index contributed by atoms with van der Waals surface area (Å²) in [4.78, 5) is 0. The molecule has 0 radical (unpaired) electrons. The highest BCUT2D eigenvalue weighted by molar-refractivity contribution is 9.10. The van der Waals surface area contributed by atoms with E-state index in [9.17, 15) is 0 Å². The molecule has 0 nitrogen and oxygen atoms in total. The predicted octanol–water partition coefficient (Wildman–Crippen LogP) is 6.41. The van der Waals surface area contributed by atoms with Gasteiger partial charge >= 0.3 is 0 Å². The molecule has 0 aliphatic heterocycles. The second-order valence-electron chi connectivity index (χ2n) is 4.78. The Morgan fingerprint density at radius 3 is 2.45 bits per heavy atom. The molecule has 0 unspecified atom stereocenters. The number of allylic oxidation sites excluding steroid dienone is 2. The molecule has 0 spiro atoms. The van der Waals surface area contributed by atoms with Crippen LogP contribution >= 0.6 is 39.1 Å². The van der Waals surface area contributed by atoms with Crippen molar-refractivity contribution in [3.63, 3.8) is 0 Å². The van der Waals surface area contributed by atoms with Gasteiger partial charge in [0, 0.05) is 14.5 Å². The number of rotatable bonds is 2. The number of hydrogen-bond donors (Lipinski definition) is 0. The molecule has 0 amide bonds. The first-order valence-electron chi connectivity index (χ1n) is 6.23. The van der Waals surface area contributed by atoms with E-state index in [4.69, 9.17) is 23.2 Å². The molecule has 0 N–H and O–H groups in total. The molecule has 100 valence electrons. The minimum Gasteiger partial charge on any atom is -0.0843 e. The fourth-order valence-electron chi connectivity index (χ4n) is 2.32. The van der Waals surface area contributed by atoms with Gasteiger partial charge in [-0.25, -0.2) is 0 Å². The van der Waals surface area contributed by atoms with Gasteiger partial charge in [-0.2, -0.15) is 0 Å². The Kier molecular flexibility index (Phi) is 4.02. The molecule has 20 heavy (non-hydrogen) atoms. The Morgan fingerprint density at radius 2 is 1.70 bits per heavy atom. The molecular weight excluding hydrogens is 355 g/mol. The Bertz CT molecular complexity index is 710. The molecule has 0 fully saturated rings. The molecule has 0 saturated carbocycles. The summed E-state index contributed by atoms with van der Waals surface area (Å²) in [6.45, 7) is 0. The third kappa shape index (κ3) is 3.17. The first-order valence-corrected chi connectivity index (χ1v) is 7.78. The van der Waals surface area contributed by atoms with Gasteiger partial charge < -0.3 is 0 Å². The van der Waals surface area contributed by atoms with Crippen molar-refractivity contribution < 1.29 is 0 Å². The fraction of sp³-hybridized carbons (Fsp3) is 0.0588. The van der Waals surface area contributed by atoms with E-state index in [1.165, 1.54) is 16.7 Å². The van der Waals surface area contributed by atoms with Crippen LogP contribution in [0.3, 0.4) is 0 Å². The SMILES string of the molecule is Clc1cc(Cl)cc(/C=C/C2=Cc3ccc(Br)cc3C2)c1. The second kappa shape index (κ2) is 5.77. The smallest absolute Gasteiger partial charge is 0.0426 e. The molecule has 1 aliphatic carbocycles. The van der Waals surface area contributed by atoms with Crippen molar-refractivity contribution in [1.82, 2.24) is 0 Å². The Balaban J connectivity index is 1.81. The Hall–Kier alpha value is -1.02. The standard InChI is InChI=1S/C17H11BrCl2/c18-15-4-3-13-5-11(6-14(13)9-15)1-2-12-7-16(19)10-17(20)8-12/h1-5,7-10H,6H2/b2-1+. The van der Waals surface area contributed by atoms with E-state index < -0.39 is 0 Å². The maximum absolute atomic E-state index is 6.00. The van der Waals surface area contributed by atoms with Crippen molar-refractivity contribution >= 4 is 51.3 Å². The third-order valence-electron chi connectivity index (χ3n) is 3.22. The second-order valence-corrected chi connectivity index (χ2v) is 6.56. The van der Waals surface area contributed by atoms with Crippen LogP contribution in [0.2, 0.25) is 10.0 Å². The van der Waals surface area contributed by atoms with Gasteiger partial charge in [0.2, 0.25) is 0 Å². The summed E-state index contributed by atoms with van der Waals surface area (Å²) in [6, 6.07) is 11.9. The van der Waals surface area contributed by atoms with Crippen LogP contribution < -0.4 is 0 Å². The number of halogens is 3. The molecule has 3 heteroatoms. The van der Waals surface area contributed by atoms with E-state index in [2.05, 4.69) is 46.3 Å². The number of fused-ring (bicyclic) bond motifs is 1. The molecule has 1 aliphatic rings. The van der Waals surface area contributed by atoms with Crippen LogP contribution in [0.25, 0.3) is 12.2 Å². The van der Waals surface area contributed by atoms with E-state index >= 15 is 0 Å². The third-order valence-corrected chi connectivity index (χ3v) is 4.14. The molecular formula is C17H11BrCl2. The van der Waals surface area contributed by atoms with Gasteiger partial charge in [-0.15, -0.1) is 0 Å². The van der Waals surface area contributed by atoms with E-state index in [0.717, 1.165) is 16.5 Å². The predicted molar refractivity (Wildman–Crippen MR) is 91.3 cm³/mol. The molecule has 2 aromatic rings. The molecule has 0 atom stereocenters. The Labute approximate surface area is 136 Å². The number of benzene rings is 2. The lowest BCUT2D eigenvalue weighted by Gasteiger charge is -1.99. The average Bonchev–Trinajstić information content (AvgIpc) is 2.77. The van der Waals surface area contributed by atoms with Gasteiger partial charge in [-0.05, 0) is 59.0 Å². The summed E-state index contributed by atoms with van der Waals surface area (Å²) >= 11 is 15.5. The van der Waals surface area contributed by atoms with Crippen LogP contribution in [-0.4, -0.2) is 0 Å². The van der Waals surface area contributed by atoms with Gasteiger partial charge in [0.1, 0.15) is 0 Å². The van der Waals surface area contributed by atoms with Crippen LogP contribution in [-0.2, 0) is 6.42 Å². The summed E-state index contributed by atoms with van der Waals surface area (Å²) in [5.41, 5.74) is 4.94. The van der Waals surface area contributed by atoms with Crippen LogP contribution in [0.15, 0.2) is 52.5 Å². The first-order chi connectivity index (χ1) is 9.60. The lowest BCUT2D eigenvalue weighted by molar-refractivity contribution is 1.24. The number of hydrogen-bond acceptors (Lipinski definition) is 0. The lowest BCUT2D eigenvalue weighted by atomic mass is 10.1. The molecule has 2 aromatic carbocycles. The Morgan fingerprint density at radius 1 is 0.950 bits per heavy atom. The van der Waals surface area contributed by atoms with Gasteiger partial charge in [0.05, 0.1) is 0 Å². The summed E-state index contributed by atoms with van der Waals surface area (Å²) in [5.74, 6) is 0. The molecule has 0 bridgehead atoms. The maximum Gasteiger partial charge on any atom is 0.0426 e.